The minimum Gasteiger partial charge on any atom is -0.508 e. The second-order valence-corrected chi connectivity index (χ2v) is 6.20. The predicted octanol–water partition coefficient (Wildman–Crippen LogP) is 5.31. The van der Waals surface area contributed by atoms with Gasteiger partial charge in [-0.25, -0.2) is 9.18 Å². The monoisotopic (exact) mass is 378 g/mol. The molecule has 0 bridgehead atoms. The fourth-order valence-corrected chi connectivity index (χ4v) is 3.04. The number of urea groups is 1. The van der Waals surface area contributed by atoms with E-state index < -0.39 is 6.03 Å². The van der Waals surface area contributed by atoms with Gasteiger partial charge in [0.2, 0.25) is 0 Å². The summed E-state index contributed by atoms with van der Waals surface area (Å²) in [5.74, 6) is -0.351. The fourth-order valence-electron chi connectivity index (χ4n) is 2.45. The van der Waals surface area contributed by atoms with Crippen molar-refractivity contribution in [3.05, 3.63) is 70.0 Å². The lowest BCUT2D eigenvalue weighted by molar-refractivity contribution is 0.251. The number of nitrogens with one attached hydrogen (secondary N) is 2. The van der Waals surface area contributed by atoms with E-state index in [2.05, 4.69) is 10.6 Å². The molecule has 0 aromatic heterocycles. The summed E-state index contributed by atoms with van der Waals surface area (Å²) >= 11 is 12.3. The molecule has 7 heteroatoms. The van der Waals surface area contributed by atoms with Crippen molar-refractivity contribution in [3.63, 3.8) is 0 Å². The lowest BCUT2D eigenvalue weighted by Gasteiger charge is -2.13. The van der Waals surface area contributed by atoms with Gasteiger partial charge in [0.05, 0.1) is 15.7 Å². The van der Waals surface area contributed by atoms with Crippen LogP contribution in [0, 0.1) is 5.82 Å². The summed E-state index contributed by atoms with van der Waals surface area (Å²) in [6.45, 7) is 0.151. The Morgan fingerprint density at radius 2 is 1.84 bits per heavy atom. The van der Waals surface area contributed by atoms with Crippen molar-refractivity contribution >= 4 is 45.7 Å². The van der Waals surface area contributed by atoms with E-state index in [0.29, 0.717) is 27.0 Å². The van der Waals surface area contributed by atoms with Crippen molar-refractivity contribution in [3.8, 4) is 5.75 Å². The van der Waals surface area contributed by atoms with E-state index in [1.54, 1.807) is 18.2 Å². The number of carbonyl (C=O) groups is 1. The van der Waals surface area contributed by atoms with Crippen molar-refractivity contribution in [2.24, 2.45) is 0 Å². The Bertz CT molecular complexity index is 963. The number of hydrogen-bond acceptors (Lipinski definition) is 2. The van der Waals surface area contributed by atoms with Crippen molar-refractivity contribution in [1.82, 2.24) is 5.32 Å². The van der Waals surface area contributed by atoms with Gasteiger partial charge in [0.15, 0.2) is 0 Å². The van der Waals surface area contributed by atoms with E-state index in [9.17, 15) is 14.3 Å². The smallest absolute Gasteiger partial charge is 0.319 e. The summed E-state index contributed by atoms with van der Waals surface area (Å²) in [5, 5.41) is 16.8. The molecular formula is C18H13Cl2FN2O2. The highest BCUT2D eigenvalue weighted by Crippen LogP contribution is 2.37. The third-order valence-corrected chi connectivity index (χ3v) is 4.21. The van der Waals surface area contributed by atoms with Gasteiger partial charge in [0.25, 0.3) is 0 Å². The SMILES string of the molecule is O=C(NCc1cccc(F)c1)Nc1c(Cl)cc(Cl)c2ccc(O)cc12. The Labute approximate surface area is 153 Å². The molecular weight excluding hydrogens is 366 g/mol. The number of amides is 2. The number of fused-ring (bicyclic) bond motifs is 1. The summed E-state index contributed by atoms with van der Waals surface area (Å²) in [7, 11) is 0. The van der Waals surface area contributed by atoms with Gasteiger partial charge in [-0.2, -0.15) is 0 Å². The number of anilines is 1. The van der Waals surface area contributed by atoms with Crippen LogP contribution in [0.3, 0.4) is 0 Å². The fraction of sp³-hybridized carbons (Fsp3) is 0.0556. The Morgan fingerprint density at radius 1 is 1.04 bits per heavy atom. The van der Waals surface area contributed by atoms with Gasteiger partial charge in [0, 0.05) is 17.3 Å². The van der Waals surface area contributed by atoms with E-state index in [1.165, 1.54) is 30.3 Å². The van der Waals surface area contributed by atoms with Gasteiger partial charge in [-0.15, -0.1) is 0 Å². The van der Waals surface area contributed by atoms with Crippen LogP contribution in [0.1, 0.15) is 5.56 Å². The minimum atomic E-state index is -0.516. The summed E-state index contributed by atoms with van der Waals surface area (Å²) in [4.78, 5) is 12.2. The van der Waals surface area contributed by atoms with E-state index >= 15 is 0 Å². The number of halogens is 3. The second kappa shape index (κ2) is 7.17. The number of rotatable bonds is 3. The van der Waals surface area contributed by atoms with Gasteiger partial charge in [0.1, 0.15) is 11.6 Å². The molecule has 3 rings (SSSR count). The number of benzene rings is 3. The highest BCUT2D eigenvalue weighted by Gasteiger charge is 2.13. The lowest BCUT2D eigenvalue weighted by atomic mass is 10.1. The molecule has 0 heterocycles. The standard InChI is InChI=1S/C18H13Cl2FN2O2/c19-15-8-16(20)17(14-7-12(24)4-5-13(14)15)23-18(25)22-9-10-2-1-3-11(21)6-10/h1-8,24H,9H2,(H2,22,23,25). The minimum absolute atomic E-state index is 0.0223. The maximum atomic E-state index is 13.2. The quantitative estimate of drug-likeness (QED) is 0.577. The first-order valence-electron chi connectivity index (χ1n) is 7.34. The number of phenols is 1. The van der Waals surface area contributed by atoms with Crippen LogP contribution in [0.15, 0.2) is 48.5 Å². The van der Waals surface area contributed by atoms with Crippen molar-refractivity contribution in [2.75, 3.05) is 5.32 Å². The van der Waals surface area contributed by atoms with Crippen molar-refractivity contribution in [2.45, 2.75) is 6.54 Å². The molecule has 0 aliphatic rings. The van der Waals surface area contributed by atoms with Crippen LogP contribution in [0.4, 0.5) is 14.9 Å². The maximum Gasteiger partial charge on any atom is 0.319 e. The number of hydrogen-bond donors (Lipinski definition) is 3. The Morgan fingerprint density at radius 3 is 2.60 bits per heavy atom. The van der Waals surface area contributed by atoms with Crippen LogP contribution in [-0.4, -0.2) is 11.1 Å². The summed E-state index contributed by atoms with van der Waals surface area (Å²) in [6.07, 6.45) is 0. The maximum absolute atomic E-state index is 13.2. The molecule has 4 nitrogen and oxygen atoms in total. The van der Waals surface area contributed by atoms with Crippen LogP contribution in [0.5, 0.6) is 5.75 Å². The zero-order valence-electron chi connectivity index (χ0n) is 12.8. The van der Waals surface area contributed by atoms with Gasteiger partial charge < -0.3 is 15.7 Å². The molecule has 128 valence electrons. The molecule has 0 aliphatic carbocycles. The highest BCUT2D eigenvalue weighted by atomic mass is 35.5. The van der Waals surface area contributed by atoms with E-state index in [0.717, 1.165) is 0 Å². The second-order valence-electron chi connectivity index (χ2n) is 5.38. The van der Waals surface area contributed by atoms with Gasteiger partial charge in [-0.05, 0) is 42.0 Å². The normalized spacial score (nSPS) is 10.7. The Balaban J connectivity index is 1.82. The largest absolute Gasteiger partial charge is 0.508 e. The Kier molecular flexibility index (Phi) is 4.97. The molecule has 3 aromatic rings. The van der Waals surface area contributed by atoms with Crippen molar-refractivity contribution < 1.29 is 14.3 Å². The number of phenolic OH excluding ortho intramolecular Hbond substituents is 1. The van der Waals surface area contributed by atoms with Crippen molar-refractivity contribution in [1.29, 1.82) is 0 Å². The third-order valence-electron chi connectivity index (χ3n) is 3.60. The molecule has 0 radical (unpaired) electrons. The third kappa shape index (κ3) is 3.95. The first kappa shape index (κ1) is 17.3. The molecule has 0 aliphatic heterocycles. The lowest BCUT2D eigenvalue weighted by Crippen LogP contribution is -2.28. The molecule has 0 saturated heterocycles. The first-order valence-corrected chi connectivity index (χ1v) is 8.09. The average molecular weight is 379 g/mol. The first-order chi connectivity index (χ1) is 11.9. The van der Waals surface area contributed by atoms with Crippen LogP contribution in [0.25, 0.3) is 10.8 Å². The van der Waals surface area contributed by atoms with E-state index in [-0.39, 0.29) is 23.1 Å². The zero-order valence-corrected chi connectivity index (χ0v) is 14.3. The highest BCUT2D eigenvalue weighted by molar-refractivity contribution is 6.41. The average Bonchev–Trinajstić information content (AvgIpc) is 2.56. The molecule has 0 saturated carbocycles. The van der Waals surface area contributed by atoms with E-state index in [4.69, 9.17) is 23.2 Å². The van der Waals surface area contributed by atoms with E-state index in [1.807, 2.05) is 0 Å². The molecule has 0 spiro atoms. The molecule has 0 fully saturated rings. The Hall–Kier alpha value is -2.50. The van der Waals surface area contributed by atoms with Crippen LogP contribution in [0.2, 0.25) is 10.0 Å². The summed E-state index contributed by atoms with van der Waals surface area (Å²) < 4.78 is 13.2. The summed E-state index contributed by atoms with van der Waals surface area (Å²) in [6, 6.07) is 11.5. The molecule has 3 N–H and O–H groups in total. The zero-order chi connectivity index (χ0) is 18.0. The van der Waals surface area contributed by atoms with Crippen LogP contribution >= 0.6 is 23.2 Å². The topological polar surface area (TPSA) is 61.4 Å². The van der Waals surface area contributed by atoms with Gasteiger partial charge in [-0.1, -0.05) is 35.3 Å². The molecule has 0 unspecified atom stereocenters. The number of aromatic hydroxyl groups is 1. The molecule has 2 amide bonds. The predicted molar refractivity (Wildman–Crippen MR) is 97.9 cm³/mol. The van der Waals surface area contributed by atoms with Gasteiger partial charge >= 0.3 is 6.03 Å². The summed E-state index contributed by atoms with van der Waals surface area (Å²) in [5.41, 5.74) is 0.952. The molecule has 25 heavy (non-hydrogen) atoms. The van der Waals surface area contributed by atoms with Crippen LogP contribution in [-0.2, 0) is 6.54 Å². The van der Waals surface area contributed by atoms with Gasteiger partial charge in [-0.3, -0.25) is 0 Å². The molecule has 0 atom stereocenters. The molecule has 3 aromatic carbocycles. The van der Waals surface area contributed by atoms with Crippen LogP contribution < -0.4 is 10.6 Å². The number of carbonyl (C=O) groups excluding carboxylic acids is 1.